The van der Waals surface area contributed by atoms with E-state index in [9.17, 15) is 9.59 Å². The molecule has 0 aliphatic rings. The van der Waals surface area contributed by atoms with Crippen molar-refractivity contribution < 1.29 is 18.8 Å². The summed E-state index contributed by atoms with van der Waals surface area (Å²) < 4.78 is 11.7. The van der Waals surface area contributed by atoms with Crippen LogP contribution in [0.2, 0.25) is 0 Å². The Morgan fingerprint density at radius 3 is 2.67 bits per heavy atom. The van der Waals surface area contributed by atoms with Crippen LogP contribution in [0.25, 0.3) is 5.69 Å². The van der Waals surface area contributed by atoms with E-state index >= 15 is 0 Å². The molecule has 2 amide bonds. The molecule has 140 valence electrons. The predicted octanol–water partition coefficient (Wildman–Crippen LogP) is 1.89. The summed E-state index contributed by atoms with van der Waals surface area (Å²) >= 11 is 0. The van der Waals surface area contributed by atoms with Crippen LogP contribution in [0.1, 0.15) is 16.2 Å². The molecule has 27 heavy (non-hydrogen) atoms. The molecular weight excluding hydrogens is 350 g/mol. The normalized spacial score (nSPS) is 10.5. The summed E-state index contributed by atoms with van der Waals surface area (Å²) in [6.07, 6.45) is 1.62. The first-order chi connectivity index (χ1) is 13.0. The van der Waals surface area contributed by atoms with Crippen LogP contribution in [-0.4, -0.2) is 52.4 Å². The smallest absolute Gasteiger partial charge is 0.278 e. The van der Waals surface area contributed by atoms with Crippen molar-refractivity contribution in [3.63, 3.8) is 0 Å². The molecule has 0 fully saturated rings. The summed E-state index contributed by atoms with van der Waals surface area (Å²) in [4.78, 5) is 26.1. The number of amides is 2. The van der Waals surface area contributed by atoms with Crippen molar-refractivity contribution in [3.8, 4) is 11.4 Å². The third kappa shape index (κ3) is 4.14. The van der Waals surface area contributed by atoms with Gasteiger partial charge in [-0.05, 0) is 19.1 Å². The van der Waals surface area contributed by atoms with Gasteiger partial charge in [0.15, 0.2) is 17.3 Å². The number of nitrogens with zero attached hydrogens (tertiary/aromatic N) is 4. The molecule has 0 aliphatic heterocycles. The maximum atomic E-state index is 12.7. The second-order valence-electron chi connectivity index (χ2n) is 5.86. The molecule has 0 radical (unpaired) electrons. The van der Waals surface area contributed by atoms with Crippen LogP contribution < -0.4 is 10.1 Å². The number of anilines is 1. The summed E-state index contributed by atoms with van der Waals surface area (Å²) in [5, 5.41) is 10.6. The average Bonchev–Trinajstić information content (AvgIpc) is 3.27. The Labute approximate surface area is 155 Å². The van der Waals surface area contributed by atoms with E-state index in [0.717, 1.165) is 5.69 Å². The maximum absolute atomic E-state index is 12.7. The number of para-hydroxylation sites is 1. The quantitative estimate of drug-likeness (QED) is 0.712. The summed E-state index contributed by atoms with van der Waals surface area (Å²) in [6.45, 7) is 1.54. The lowest BCUT2D eigenvalue weighted by Crippen LogP contribution is -2.35. The molecule has 0 bridgehead atoms. The molecule has 3 rings (SSSR count). The highest BCUT2D eigenvalue weighted by Gasteiger charge is 2.23. The zero-order valence-corrected chi connectivity index (χ0v) is 15.2. The predicted molar refractivity (Wildman–Crippen MR) is 96.9 cm³/mol. The Bertz CT molecular complexity index is 948. The molecule has 1 aromatic carbocycles. The number of aryl methyl sites for hydroxylation is 1. The van der Waals surface area contributed by atoms with Gasteiger partial charge in [0.25, 0.3) is 5.91 Å². The maximum Gasteiger partial charge on any atom is 0.278 e. The van der Waals surface area contributed by atoms with Gasteiger partial charge < -0.3 is 19.5 Å². The second-order valence-corrected chi connectivity index (χ2v) is 5.86. The van der Waals surface area contributed by atoms with Crippen molar-refractivity contribution in [2.45, 2.75) is 6.92 Å². The Kier molecular flexibility index (Phi) is 5.20. The fourth-order valence-corrected chi connectivity index (χ4v) is 2.44. The van der Waals surface area contributed by atoms with Crippen LogP contribution in [0.3, 0.4) is 0 Å². The summed E-state index contributed by atoms with van der Waals surface area (Å²) in [5.74, 6) is 0.354. The highest BCUT2D eigenvalue weighted by Crippen LogP contribution is 2.20. The number of rotatable bonds is 6. The highest BCUT2D eigenvalue weighted by atomic mass is 16.5. The Hall–Kier alpha value is -3.62. The molecule has 1 N–H and O–H groups in total. The van der Waals surface area contributed by atoms with E-state index in [1.165, 1.54) is 19.1 Å². The standard InChI is InChI=1S/C18H19N5O4/c1-12-9-15(21-27-12)19-16(24)11-22(2)18(25)17-14(26-3)10-23(20-17)13-7-5-4-6-8-13/h4-10H,11H2,1-3H3,(H,19,21,24). The molecule has 0 atom stereocenters. The first-order valence-corrected chi connectivity index (χ1v) is 8.15. The lowest BCUT2D eigenvalue weighted by atomic mass is 10.3. The minimum absolute atomic E-state index is 0.119. The third-order valence-corrected chi connectivity index (χ3v) is 3.75. The minimum Gasteiger partial charge on any atom is -0.493 e. The monoisotopic (exact) mass is 369 g/mol. The van der Waals surface area contributed by atoms with Crippen molar-refractivity contribution in [3.05, 3.63) is 54.0 Å². The largest absolute Gasteiger partial charge is 0.493 e. The zero-order valence-electron chi connectivity index (χ0n) is 15.2. The first kappa shape index (κ1) is 18.2. The number of benzene rings is 1. The van der Waals surface area contributed by atoms with Crippen molar-refractivity contribution >= 4 is 17.6 Å². The fourth-order valence-electron chi connectivity index (χ4n) is 2.44. The molecule has 0 saturated heterocycles. The van der Waals surface area contributed by atoms with Gasteiger partial charge in [-0.3, -0.25) is 9.59 Å². The highest BCUT2D eigenvalue weighted by molar-refractivity contribution is 5.99. The molecule has 0 aliphatic carbocycles. The molecule has 9 heteroatoms. The van der Waals surface area contributed by atoms with Gasteiger partial charge in [0.1, 0.15) is 5.76 Å². The number of carbonyl (C=O) groups excluding carboxylic acids is 2. The lowest BCUT2D eigenvalue weighted by molar-refractivity contribution is -0.116. The fraction of sp³-hybridized carbons (Fsp3) is 0.222. The van der Waals surface area contributed by atoms with Crippen molar-refractivity contribution in [1.29, 1.82) is 0 Å². The van der Waals surface area contributed by atoms with Gasteiger partial charge in [-0.15, -0.1) is 0 Å². The molecule has 3 aromatic rings. The van der Waals surface area contributed by atoms with E-state index in [0.29, 0.717) is 17.3 Å². The first-order valence-electron chi connectivity index (χ1n) is 8.15. The summed E-state index contributed by atoms with van der Waals surface area (Å²) in [7, 11) is 2.97. The van der Waals surface area contributed by atoms with E-state index in [2.05, 4.69) is 15.6 Å². The number of hydrogen-bond acceptors (Lipinski definition) is 6. The zero-order chi connectivity index (χ0) is 19.4. The van der Waals surface area contributed by atoms with E-state index in [1.54, 1.807) is 23.9 Å². The Morgan fingerprint density at radius 2 is 2.04 bits per heavy atom. The van der Waals surface area contributed by atoms with Gasteiger partial charge >= 0.3 is 0 Å². The molecule has 0 spiro atoms. The molecule has 9 nitrogen and oxygen atoms in total. The minimum atomic E-state index is -0.437. The van der Waals surface area contributed by atoms with Gasteiger partial charge in [0.05, 0.1) is 25.5 Å². The van der Waals surface area contributed by atoms with Gasteiger partial charge in [-0.2, -0.15) is 5.10 Å². The van der Waals surface area contributed by atoms with Gasteiger partial charge in [0.2, 0.25) is 5.91 Å². The number of methoxy groups -OCH3 is 1. The van der Waals surface area contributed by atoms with Crippen LogP contribution in [0.15, 0.2) is 47.1 Å². The van der Waals surface area contributed by atoms with Gasteiger partial charge in [0, 0.05) is 13.1 Å². The number of hydrogen-bond donors (Lipinski definition) is 1. The lowest BCUT2D eigenvalue weighted by Gasteiger charge is -2.15. The van der Waals surface area contributed by atoms with Crippen molar-refractivity contribution in [1.82, 2.24) is 19.8 Å². The summed E-state index contributed by atoms with van der Waals surface area (Å²) in [6, 6.07) is 10.9. The number of aromatic nitrogens is 3. The van der Waals surface area contributed by atoms with E-state index < -0.39 is 11.8 Å². The number of carbonyl (C=O) groups is 2. The molecule has 2 aromatic heterocycles. The number of nitrogens with one attached hydrogen (secondary N) is 1. The van der Waals surface area contributed by atoms with Crippen molar-refractivity contribution in [2.75, 3.05) is 26.0 Å². The molecule has 0 unspecified atom stereocenters. The van der Waals surface area contributed by atoms with E-state index in [4.69, 9.17) is 9.26 Å². The Morgan fingerprint density at radius 1 is 1.30 bits per heavy atom. The number of ether oxygens (including phenoxy) is 1. The molecule has 0 saturated carbocycles. The van der Waals surface area contributed by atoms with Gasteiger partial charge in [-0.25, -0.2) is 4.68 Å². The van der Waals surface area contributed by atoms with Crippen LogP contribution in [0.5, 0.6) is 5.75 Å². The van der Waals surface area contributed by atoms with Crippen LogP contribution in [-0.2, 0) is 4.79 Å². The average molecular weight is 369 g/mol. The van der Waals surface area contributed by atoms with Crippen LogP contribution >= 0.6 is 0 Å². The molecule has 2 heterocycles. The topological polar surface area (TPSA) is 102 Å². The van der Waals surface area contributed by atoms with E-state index in [1.807, 2.05) is 30.3 Å². The summed E-state index contributed by atoms with van der Waals surface area (Å²) in [5.41, 5.74) is 0.908. The van der Waals surface area contributed by atoms with Crippen LogP contribution in [0.4, 0.5) is 5.82 Å². The second kappa shape index (κ2) is 7.73. The molecular formula is C18H19N5O4. The van der Waals surface area contributed by atoms with E-state index in [-0.39, 0.29) is 12.2 Å². The number of likely N-dealkylation sites (N-methyl/N-ethyl adjacent to an activating group) is 1. The van der Waals surface area contributed by atoms with Crippen LogP contribution in [0, 0.1) is 6.92 Å². The third-order valence-electron chi connectivity index (χ3n) is 3.75. The SMILES string of the molecule is COc1cn(-c2ccccc2)nc1C(=O)N(C)CC(=O)Nc1cc(C)on1. The van der Waals surface area contributed by atoms with Crippen molar-refractivity contribution in [2.24, 2.45) is 0 Å². The Balaban J connectivity index is 1.72. The van der Waals surface area contributed by atoms with Gasteiger partial charge in [-0.1, -0.05) is 23.4 Å².